The third-order valence-electron chi connectivity index (χ3n) is 4.25. The average Bonchev–Trinajstić information content (AvgIpc) is 3.21. The molecule has 0 aromatic heterocycles. The van der Waals surface area contributed by atoms with Gasteiger partial charge >= 0.3 is 0 Å². The number of methoxy groups -OCH3 is 1. The molecule has 1 aliphatic heterocycles. The number of nitrogens with zero attached hydrogens (tertiary/aromatic N) is 2. The number of ether oxygens (including phenoxy) is 3. The van der Waals surface area contributed by atoms with Gasteiger partial charge in [-0.15, -0.1) is 0 Å². The van der Waals surface area contributed by atoms with Crippen LogP contribution in [0.1, 0.15) is 19.3 Å². The van der Waals surface area contributed by atoms with Crippen LogP contribution in [0.25, 0.3) is 0 Å². The Hall–Kier alpha value is -2.32. The second-order valence-electron chi connectivity index (χ2n) is 6.82. The van der Waals surface area contributed by atoms with Crippen LogP contribution in [0.3, 0.4) is 0 Å². The van der Waals surface area contributed by atoms with E-state index in [1.807, 2.05) is 24.3 Å². The van der Waals surface area contributed by atoms with E-state index >= 15 is 0 Å². The van der Waals surface area contributed by atoms with Gasteiger partial charge in [0.2, 0.25) is 5.91 Å². The van der Waals surface area contributed by atoms with Gasteiger partial charge < -0.3 is 29.7 Å². The highest BCUT2D eigenvalue weighted by Crippen LogP contribution is 2.17. The summed E-state index contributed by atoms with van der Waals surface area (Å²) < 4.78 is 16.4. The number of amides is 1. The van der Waals surface area contributed by atoms with Crippen molar-refractivity contribution in [2.45, 2.75) is 25.4 Å². The van der Waals surface area contributed by atoms with E-state index in [9.17, 15) is 4.79 Å². The summed E-state index contributed by atoms with van der Waals surface area (Å²) in [6, 6.07) is 7.66. The molecule has 28 heavy (non-hydrogen) atoms. The van der Waals surface area contributed by atoms with Crippen molar-refractivity contribution in [1.82, 2.24) is 10.2 Å². The van der Waals surface area contributed by atoms with Crippen LogP contribution in [-0.4, -0.2) is 77.0 Å². The molecular formula is C20H32N4O4. The van der Waals surface area contributed by atoms with E-state index in [1.165, 1.54) is 4.90 Å². The Labute approximate surface area is 167 Å². The molecule has 0 saturated carbocycles. The summed E-state index contributed by atoms with van der Waals surface area (Å²) in [6.07, 6.45) is 3.11. The molecule has 156 valence electrons. The third-order valence-corrected chi connectivity index (χ3v) is 4.25. The first-order valence-corrected chi connectivity index (χ1v) is 9.67. The molecular weight excluding hydrogens is 360 g/mol. The molecule has 0 aliphatic carbocycles. The molecule has 1 aromatic rings. The third kappa shape index (κ3) is 8.14. The lowest BCUT2D eigenvalue weighted by Crippen LogP contribution is -2.37. The fourth-order valence-corrected chi connectivity index (χ4v) is 2.64. The van der Waals surface area contributed by atoms with Crippen LogP contribution in [0, 0.1) is 0 Å². The van der Waals surface area contributed by atoms with Crippen LogP contribution in [0.2, 0.25) is 0 Å². The molecule has 8 heteroatoms. The lowest BCUT2D eigenvalue weighted by molar-refractivity contribution is -0.127. The number of rotatable bonds is 10. The maximum Gasteiger partial charge on any atom is 0.243 e. The number of carbonyl (C=O) groups excluding carboxylic acids is 1. The summed E-state index contributed by atoms with van der Waals surface area (Å²) >= 11 is 0. The minimum absolute atomic E-state index is 0.0616. The van der Waals surface area contributed by atoms with Gasteiger partial charge in [-0.1, -0.05) is 6.07 Å². The lowest BCUT2D eigenvalue weighted by Gasteiger charge is -2.17. The standard InChI is InChI=1S/C20H32N4O4/c1-24(2)19(25)15-22-20(21-14-18-9-5-11-28-18)23-16-7-4-8-17(13-16)27-12-6-10-26-3/h4,7-8,13,18H,5-6,9-12,14-15H2,1-3H3,(H2,21,22,23). The van der Waals surface area contributed by atoms with Gasteiger partial charge in [0.25, 0.3) is 0 Å². The molecule has 1 saturated heterocycles. The molecule has 8 nitrogen and oxygen atoms in total. The molecule has 1 heterocycles. The quantitative estimate of drug-likeness (QED) is 0.358. The number of likely N-dealkylation sites (N-methyl/N-ethyl adjacent to an activating group) is 1. The normalized spacial score (nSPS) is 16.7. The fourth-order valence-electron chi connectivity index (χ4n) is 2.64. The van der Waals surface area contributed by atoms with Crippen molar-refractivity contribution < 1.29 is 19.0 Å². The van der Waals surface area contributed by atoms with Crippen LogP contribution in [0.5, 0.6) is 5.75 Å². The Morgan fingerprint density at radius 2 is 2.21 bits per heavy atom. The zero-order valence-corrected chi connectivity index (χ0v) is 17.1. The van der Waals surface area contributed by atoms with Gasteiger partial charge in [0, 0.05) is 59.1 Å². The Balaban J connectivity index is 1.97. The van der Waals surface area contributed by atoms with Crippen molar-refractivity contribution in [3.63, 3.8) is 0 Å². The number of anilines is 1. The molecule has 1 atom stereocenters. The largest absolute Gasteiger partial charge is 0.493 e. The number of hydrogen-bond donors (Lipinski definition) is 2. The number of nitrogens with one attached hydrogen (secondary N) is 2. The van der Waals surface area contributed by atoms with E-state index in [4.69, 9.17) is 14.2 Å². The number of guanidine groups is 1. The van der Waals surface area contributed by atoms with Gasteiger partial charge in [-0.3, -0.25) is 4.79 Å². The molecule has 1 unspecified atom stereocenters. The highest BCUT2D eigenvalue weighted by atomic mass is 16.5. The van der Waals surface area contributed by atoms with Crippen molar-refractivity contribution in [3.8, 4) is 5.75 Å². The van der Waals surface area contributed by atoms with E-state index in [0.717, 1.165) is 37.3 Å². The molecule has 0 radical (unpaired) electrons. The molecule has 2 N–H and O–H groups in total. The summed E-state index contributed by atoms with van der Waals surface area (Å²) in [6.45, 7) is 2.78. The minimum Gasteiger partial charge on any atom is -0.493 e. The van der Waals surface area contributed by atoms with E-state index < -0.39 is 0 Å². The zero-order chi connectivity index (χ0) is 20.2. The molecule has 0 spiro atoms. The second-order valence-corrected chi connectivity index (χ2v) is 6.82. The predicted molar refractivity (Wildman–Crippen MR) is 110 cm³/mol. The van der Waals surface area contributed by atoms with E-state index in [-0.39, 0.29) is 18.6 Å². The molecule has 2 rings (SSSR count). The summed E-state index contributed by atoms with van der Waals surface area (Å²) in [7, 11) is 5.11. The van der Waals surface area contributed by atoms with Crippen molar-refractivity contribution >= 4 is 17.6 Å². The molecule has 1 fully saturated rings. The van der Waals surface area contributed by atoms with Gasteiger partial charge in [0.15, 0.2) is 5.96 Å². The number of hydrogen-bond acceptors (Lipinski definition) is 5. The monoisotopic (exact) mass is 392 g/mol. The van der Waals surface area contributed by atoms with Crippen molar-refractivity contribution in [1.29, 1.82) is 0 Å². The average molecular weight is 393 g/mol. The van der Waals surface area contributed by atoms with Gasteiger partial charge in [0.1, 0.15) is 12.3 Å². The lowest BCUT2D eigenvalue weighted by atomic mass is 10.2. The number of aliphatic imine (C=N–C) groups is 1. The van der Waals surface area contributed by atoms with Crippen molar-refractivity contribution in [3.05, 3.63) is 24.3 Å². The van der Waals surface area contributed by atoms with E-state index in [2.05, 4.69) is 15.6 Å². The highest BCUT2D eigenvalue weighted by molar-refractivity contribution is 5.95. The number of carbonyl (C=O) groups is 1. The fraction of sp³-hybridized carbons (Fsp3) is 0.600. The molecule has 1 aromatic carbocycles. The maximum absolute atomic E-state index is 11.9. The maximum atomic E-state index is 11.9. The van der Waals surface area contributed by atoms with Crippen molar-refractivity contribution in [2.75, 3.05) is 59.4 Å². The SMILES string of the molecule is COCCCOc1cccc(NC(=NCC(=O)N(C)C)NCC2CCCO2)c1. The summed E-state index contributed by atoms with van der Waals surface area (Å²) in [5.41, 5.74) is 0.833. The van der Waals surface area contributed by atoms with Gasteiger partial charge in [-0.05, 0) is 25.0 Å². The first-order chi connectivity index (χ1) is 13.6. The van der Waals surface area contributed by atoms with Crippen LogP contribution in [-0.2, 0) is 14.3 Å². The number of benzene rings is 1. The second kappa shape index (κ2) is 12.2. The molecule has 0 bridgehead atoms. The molecule has 1 aliphatic rings. The van der Waals surface area contributed by atoms with Gasteiger partial charge in [-0.25, -0.2) is 4.99 Å². The van der Waals surface area contributed by atoms with Crippen LogP contribution in [0.4, 0.5) is 5.69 Å². The van der Waals surface area contributed by atoms with Crippen molar-refractivity contribution in [2.24, 2.45) is 4.99 Å². The molecule has 1 amide bonds. The summed E-state index contributed by atoms with van der Waals surface area (Å²) in [5, 5.41) is 6.52. The van der Waals surface area contributed by atoms with E-state index in [0.29, 0.717) is 25.7 Å². The van der Waals surface area contributed by atoms with Gasteiger partial charge in [0.05, 0.1) is 12.7 Å². The smallest absolute Gasteiger partial charge is 0.243 e. The van der Waals surface area contributed by atoms with Crippen LogP contribution >= 0.6 is 0 Å². The van der Waals surface area contributed by atoms with Gasteiger partial charge in [-0.2, -0.15) is 0 Å². The van der Waals surface area contributed by atoms with E-state index in [1.54, 1.807) is 21.2 Å². The Bertz CT molecular complexity index is 630. The Morgan fingerprint density at radius 1 is 1.36 bits per heavy atom. The first-order valence-electron chi connectivity index (χ1n) is 9.67. The topological polar surface area (TPSA) is 84.4 Å². The zero-order valence-electron chi connectivity index (χ0n) is 17.1. The highest BCUT2D eigenvalue weighted by Gasteiger charge is 2.16. The summed E-state index contributed by atoms with van der Waals surface area (Å²) in [4.78, 5) is 17.8. The minimum atomic E-state index is -0.0616. The predicted octanol–water partition coefficient (Wildman–Crippen LogP) is 1.73. The Morgan fingerprint density at radius 3 is 2.93 bits per heavy atom. The Kier molecular flexibility index (Phi) is 9.57. The first kappa shape index (κ1) is 22.0. The van der Waals surface area contributed by atoms with Crippen LogP contribution in [0.15, 0.2) is 29.3 Å². The summed E-state index contributed by atoms with van der Waals surface area (Å²) in [5.74, 6) is 1.25. The van der Waals surface area contributed by atoms with Crippen LogP contribution < -0.4 is 15.4 Å².